The van der Waals surface area contributed by atoms with Gasteiger partial charge in [0.2, 0.25) is 0 Å². The molecule has 26 heavy (non-hydrogen) atoms. The zero-order chi connectivity index (χ0) is 18.8. The van der Waals surface area contributed by atoms with Crippen LogP contribution >= 0.6 is 0 Å². The van der Waals surface area contributed by atoms with E-state index in [0.29, 0.717) is 11.6 Å². The molecule has 1 heterocycles. The standard InChI is InChI=1S/C18H15FN4O3/c1-21-16(12-5-7-14(19)8-6-12)10-22(18(21)20)11-17(24)13-3-2-4-15(9-13)23(25)26/h2-10,20H,11H2,1H3/p+1. The summed E-state index contributed by atoms with van der Waals surface area (Å²) in [5.74, 6) is -0.311. The molecular weight excluding hydrogens is 339 g/mol. The van der Waals surface area contributed by atoms with Gasteiger partial charge in [-0.05, 0) is 24.3 Å². The number of imidazole rings is 1. The minimum Gasteiger partial charge on any atom is -0.291 e. The van der Waals surface area contributed by atoms with Crippen molar-refractivity contribution in [2.45, 2.75) is 6.54 Å². The van der Waals surface area contributed by atoms with Crippen LogP contribution in [-0.4, -0.2) is 15.3 Å². The average Bonchev–Trinajstić information content (AvgIpc) is 2.91. The number of Topliss-reactive ketones (excluding diaryl/α,β-unsaturated/α-hetero) is 1. The molecule has 0 aliphatic heterocycles. The predicted octanol–water partition coefficient (Wildman–Crippen LogP) is 2.49. The Morgan fingerprint density at radius 3 is 2.62 bits per heavy atom. The predicted molar refractivity (Wildman–Crippen MR) is 92.8 cm³/mol. The summed E-state index contributed by atoms with van der Waals surface area (Å²) >= 11 is 0. The van der Waals surface area contributed by atoms with E-state index in [-0.39, 0.29) is 29.4 Å². The molecule has 0 aliphatic rings. The maximum absolute atomic E-state index is 13.1. The molecule has 0 atom stereocenters. The minimum atomic E-state index is -0.548. The van der Waals surface area contributed by atoms with Gasteiger partial charge in [0.15, 0.2) is 5.78 Å². The van der Waals surface area contributed by atoms with Crippen molar-refractivity contribution in [2.75, 3.05) is 5.73 Å². The Morgan fingerprint density at radius 1 is 1.27 bits per heavy atom. The molecule has 0 saturated heterocycles. The highest BCUT2D eigenvalue weighted by molar-refractivity contribution is 5.95. The largest absolute Gasteiger partial charge is 0.355 e. The van der Waals surface area contributed by atoms with Crippen LogP contribution in [0, 0.1) is 15.9 Å². The number of nitrogens with two attached hydrogens (primary N) is 1. The molecule has 0 saturated carbocycles. The quantitative estimate of drug-likeness (QED) is 0.329. The number of hydrogen-bond acceptors (Lipinski definition) is 4. The molecule has 7 nitrogen and oxygen atoms in total. The van der Waals surface area contributed by atoms with E-state index in [4.69, 9.17) is 5.73 Å². The SMILES string of the molecule is Cn1c(-c2ccc(F)cc2)c[n+](CC(=O)c2cccc([N+](=O)[O-])c2)c1N. The maximum atomic E-state index is 13.1. The summed E-state index contributed by atoms with van der Waals surface area (Å²) in [5, 5.41) is 10.9. The van der Waals surface area contributed by atoms with E-state index in [1.165, 1.54) is 36.4 Å². The molecule has 2 aromatic carbocycles. The van der Waals surface area contributed by atoms with Gasteiger partial charge >= 0.3 is 5.95 Å². The summed E-state index contributed by atoms with van der Waals surface area (Å²) in [4.78, 5) is 22.8. The topological polar surface area (TPSA) is 95.0 Å². The summed E-state index contributed by atoms with van der Waals surface area (Å²) in [6.45, 7) is -0.0674. The molecule has 0 aliphatic carbocycles. The summed E-state index contributed by atoms with van der Waals surface area (Å²) in [5.41, 5.74) is 7.63. The Balaban J connectivity index is 1.90. The fourth-order valence-corrected chi connectivity index (χ4v) is 2.67. The number of nitrogens with zero attached hydrogens (tertiary/aromatic N) is 3. The van der Waals surface area contributed by atoms with E-state index in [1.54, 1.807) is 34.5 Å². The van der Waals surface area contributed by atoms with Crippen LogP contribution in [0.2, 0.25) is 0 Å². The van der Waals surface area contributed by atoms with Crippen molar-refractivity contribution >= 4 is 17.4 Å². The first kappa shape index (κ1) is 17.3. The Kier molecular flexibility index (Phi) is 4.49. The molecule has 1 aromatic heterocycles. The van der Waals surface area contributed by atoms with Gasteiger partial charge in [-0.1, -0.05) is 12.1 Å². The van der Waals surface area contributed by atoms with Crippen molar-refractivity contribution in [3.05, 3.63) is 76.2 Å². The van der Waals surface area contributed by atoms with Crippen LogP contribution in [-0.2, 0) is 13.6 Å². The van der Waals surface area contributed by atoms with Crippen LogP contribution in [0.1, 0.15) is 10.4 Å². The molecule has 0 spiro atoms. The monoisotopic (exact) mass is 355 g/mol. The number of nitrogen functional groups attached to an aromatic ring is 1. The first-order valence-corrected chi connectivity index (χ1v) is 7.75. The molecule has 132 valence electrons. The first-order chi connectivity index (χ1) is 12.4. The van der Waals surface area contributed by atoms with Crippen LogP contribution in [0.5, 0.6) is 0 Å². The van der Waals surface area contributed by atoms with Gasteiger partial charge in [-0.25, -0.2) is 13.5 Å². The molecule has 8 heteroatoms. The Hall–Kier alpha value is -3.55. The summed E-state index contributed by atoms with van der Waals surface area (Å²) in [6, 6.07) is 11.5. The zero-order valence-corrected chi connectivity index (χ0v) is 13.9. The van der Waals surface area contributed by atoms with Crippen molar-refractivity contribution in [3.63, 3.8) is 0 Å². The number of nitro benzene ring substituents is 1. The highest BCUT2D eigenvalue weighted by Gasteiger charge is 2.21. The van der Waals surface area contributed by atoms with Gasteiger partial charge in [-0.3, -0.25) is 20.6 Å². The van der Waals surface area contributed by atoms with Crippen LogP contribution < -0.4 is 10.3 Å². The summed E-state index contributed by atoms with van der Waals surface area (Å²) in [6.07, 6.45) is 1.69. The second-order valence-electron chi connectivity index (χ2n) is 5.80. The van der Waals surface area contributed by atoms with Crippen LogP contribution in [0.15, 0.2) is 54.7 Å². The van der Waals surface area contributed by atoms with E-state index in [1.807, 2.05) is 0 Å². The van der Waals surface area contributed by atoms with Crippen molar-refractivity contribution in [2.24, 2.45) is 7.05 Å². The van der Waals surface area contributed by atoms with Gasteiger partial charge in [0, 0.05) is 23.3 Å². The number of ketones is 1. The number of anilines is 1. The Labute approximate surface area is 148 Å². The smallest absolute Gasteiger partial charge is 0.291 e. The highest BCUT2D eigenvalue weighted by Crippen LogP contribution is 2.20. The number of rotatable bonds is 5. The van der Waals surface area contributed by atoms with Crippen molar-refractivity contribution in [1.82, 2.24) is 4.57 Å². The normalized spacial score (nSPS) is 10.7. The van der Waals surface area contributed by atoms with E-state index in [9.17, 15) is 19.3 Å². The first-order valence-electron chi connectivity index (χ1n) is 7.75. The van der Waals surface area contributed by atoms with Crippen molar-refractivity contribution in [3.8, 4) is 11.3 Å². The molecular formula is C18H16FN4O3+. The molecule has 3 aromatic rings. The maximum Gasteiger partial charge on any atom is 0.355 e. The third-order valence-electron chi connectivity index (χ3n) is 4.11. The van der Waals surface area contributed by atoms with Crippen molar-refractivity contribution in [1.29, 1.82) is 0 Å². The summed E-state index contributed by atoms with van der Waals surface area (Å²) in [7, 11) is 1.74. The molecule has 0 bridgehead atoms. The van der Waals surface area contributed by atoms with E-state index in [2.05, 4.69) is 0 Å². The van der Waals surface area contributed by atoms with Crippen LogP contribution in [0.4, 0.5) is 16.0 Å². The second kappa shape index (κ2) is 6.75. The van der Waals surface area contributed by atoms with Gasteiger partial charge in [-0.2, -0.15) is 0 Å². The lowest BCUT2D eigenvalue weighted by molar-refractivity contribution is -0.667. The van der Waals surface area contributed by atoms with Gasteiger partial charge < -0.3 is 0 Å². The molecule has 0 fully saturated rings. The third kappa shape index (κ3) is 3.30. The number of benzene rings is 2. The van der Waals surface area contributed by atoms with E-state index < -0.39 is 4.92 Å². The van der Waals surface area contributed by atoms with Gasteiger partial charge in [0.25, 0.3) is 5.69 Å². The lowest BCUT2D eigenvalue weighted by Crippen LogP contribution is -2.39. The molecule has 2 N–H and O–H groups in total. The fraction of sp³-hybridized carbons (Fsp3) is 0.111. The van der Waals surface area contributed by atoms with E-state index >= 15 is 0 Å². The van der Waals surface area contributed by atoms with Gasteiger partial charge in [-0.15, -0.1) is 0 Å². The number of non-ortho nitro benzene ring substituents is 1. The van der Waals surface area contributed by atoms with Crippen molar-refractivity contribution < 1.29 is 18.7 Å². The highest BCUT2D eigenvalue weighted by atomic mass is 19.1. The van der Waals surface area contributed by atoms with Gasteiger partial charge in [0.1, 0.15) is 24.3 Å². The number of carbonyl (C=O) groups is 1. The Bertz CT molecular complexity index is 996. The number of halogens is 1. The van der Waals surface area contributed by atoms with Gasteiger partial charge in [0.05, 0.1) is 12.0 Å². The molecule has 3 rings (SSSR count). The van der Waals surface area contributed by atoms with Crippen LogP contribution in [0.25, 0.3) is 11.3 Å². The summed E-state index contributed by atoms with van der Waals surface area (Å²) < 4.78 is 16.4. The molecule has 0 unspecified atom stereocenters. The number of aromatic nitrogens is 2. The zero-order valence-electron chi connectivity index (χ0n) is 13.9. The molecule has 0 radical (unpaired) electrons. The third-order valence-corrected chi connectivity index (χ3v) is 4.11. The molecule has 0 amide bonds. The number of nitro groups is 1. The Morgan fingerprint density at radius 2 is 1.96 bits per heavy atom. The number of carbonyl (C=O) groups excluding carboxylic acids is 1. The minimum absolute atomic E-state index is 0.0674. The fourth-order valence-electron chi connectivity index (χ4n) is 2.67. The lowest BCUT2D eigenvalue weighted by atomic mass is 10.1. The number of hydrogen-bond donors (Lipinski definition) is 1. The lowest BCUT2D eigenvalue weighted by Gasteiger charge is -2.00. The second-order valence-corrected chi connectivity index (χ2v) is 5.80. The average molecular weight is 355 g/mol. The van der Waals surface area contributed by atoms with Crippen LogP contribution in [0.3, 0.4) is 0 Å². The van der Waals surface area contributed by atoms with E-state index in [0.717, 1.165) is 5.56 Å².